The van der Waals surface area contributed by atoms with Gasteiger partial charge in [-0.1, -0.05) is 0 Å². The summed E-state index contributed by atoms with van der Waals surface area (Å²) in [5, 5.41) is 3.07. The van der Waals surface area contributed by atoms with Gasteiger partial charge in [-0.25, -0.2) is 0 Å². The highest BCUT2D eigenvalue weighted by molar-refractivity contribution is 5.74. The van der Waals surface area contributed by atoms with Gasteiger partial charge in [0.1, 0.15) is 12.6 Å². The molecule has 1 aliphatic rings. The Hall–Kier alpha value is -1.75. The van der Waals surface area contributed by atoms with Crippen LogP contribution in [0.4, 0.5) is 5.69 Å². The third kappa shape index (κ3) is 1.94. The van der Waals surface area contributed by atoms with Crippen LogP contribution in [0.3, 0.4) is 0 Å². The number of carbonyl (C=O) groups is 2. The van der Waals surface area contributed by atoms with Crippen LogP contribution in [0.1, 0.15) is 0 Å². The lowest BCUT2D eigenvalue weighted by molar-refractivity contribution is -0.111. The van der Waals surface area contributed by atoms with E-state index in [1.165, 1.54) is 0 Å². The number of carbonyl (C=O) groups excluding carboxylic acids is 2. The fraction of sp³-hybridized carbons (Fsp3) is 0.364. The zero-order valence-corrected chi connectivity index (χ0v) is 8.74. The van der Waals surface area contributed by atoms with E-state index >= 15 is 0 Å². The van der Waals surface area contributed by atoms with Gasteiger partial charge in [0, 0.05) is 31.2 Å². The van der Waals surface area contributed by atoms with E-state index in [4.69, 9.17) is 0 Å². The molecule has 5 heteroatoms. The van der Waals surface area contributed by atoms with Crippen LogP contribution in [0.2, 0.25) is 0 Å². The third-order valence-electron chi connectivity index (χ3n) is 2.70. The summed E-state index contributed by atoms with van der Waals surface area (Å²) < 4.78 is 0. The molecule has 0 saturated carbocycles. The lowest BCUT2D eigenvalue weighted by atomic mass is 10.1. The summed E-state index contributed by atoms with van der Waals surface area (Å²) in [6.07, 6.45) is 5.04. The standard InChI is InChI=1S/C11H13N3O2/c15-7-10-5-13-6-11(8-16)14(10)9-1-3-12-4-2-9/h1-4,7-8,10-11,13H,5-6H2. The highest BCUT2D eigenvalue weighted by atomic mass is 16.1. The molecule has 0 aliphatic carbocycles. The van der Waals surface area contributed by atoms with Crippen molar-refractivity contribution < 1.29 is 9.59 Å². The van der Waals surface area contributed by atoms with Gasteiger partial charge < -0.3 is 19.8 Å². The zero-order chi connectivity index (χ0) is 11.4. The van der Waals surface area contributed by atoms with Gasteiger partial charge in [-0.3, -0.25) is 4.98 Å². The minimum Gasteiger partial charge on any atom is -0.349 e. The van der Waals surface area contributed by atoms with Gasteiger partial charge in [-0.2, -0.15) is 0 Å². The van der Waals surface area contributed by atoms with Gasteiger partial charge in [-0.05, 0) is 12.1 Å². The lowest BCUT2D eigenvalue weighted by Gasteiger charge is -2.39. The molecule has 0 bridgehead atoms. The Kier molecular flexibility index (Phi) is 3.26. The first-order valence-corrected chi connectivity index (χ1v) is 5.16. The molecule has 1 aliphatic heterocycles. The van der Waals surface area contributed by atoms with Gasteiger partial charge in [-0.15, -0.1) is 0 Å². The van der Waals surface area contributed by atoms with E-state index in [2.05, 4.69) is 10.3 Å². The van der Waals surface area contributed by atoms with E-state index < -0.39 is 0 Å². The average molecular weight is 219 g/mol. The normalized spacial score (nSPS) is 25.1. The monoisotopic (exact) mass is 219 g/mol. The number of nitrogens with one attached hydrogen (secondary N) is 1. The molecule has 16 heavy (non-hydrogen) atoms. The van der Waals surface area contributed by atoms with Crippen molar-refractivity contribution in [2.75, 3.05) is 18.0 Å². The first kappa shape index (κ1) is 10.8. The molecule has 1 aromatic rings. The molecule has 2 atom stereocenters. The molecule has 0 aromatic carbocycles. The summed E-state index contributed by atoms with van der Waals surface area (Å²) in [5.41, 5.74) is 0.853. The van der Waals surface area contributed by atoms with Crippen LogP contribution < -0.4 is 10.2 Å². The van der Waals surface area contributed by atoms with Crippen LogP contribution in [0.5, 0.6) is 0 Å². The first-order chi connectivity index (χ1) is 7.86. The average Bonchev–Trinajstić information content (AvgIpc) is 2.38. The molecule has 0 spiro atoms. The predicted octanol–water partition coefficient (Wildman–Crippen LogP) is -0.374. The van der Waals surface area contributed by atoms with Crippen molar-refractivity contribution in [1.29, 1.82) is 0 Å². The number of hydrogen-bond acceptors (Lipinski definition) is 5. The van der Waals surface area contributed by atoms with Crippen LogP contribution in [-0.2, 0) is 9.59 Å². The Labute approximate surface area is 93.5 Å². The topological polar surface area (TPSA) is 62.3 Å². The maximum atomic E-state index is 11.0. The molecule has 5 nitrogen and oxygen atoms in total. The number of piperazine rings is 1. The van der Waals surface area contributed by atoms with Crippen LogP contribution >= 0.6 is 0 Å². The fourth-order valence-corrected chi connectivity index (χ4v) is 1.95. The smallest absolute Gasteiger partial charge is 0.143 e. The summed E-state index contributed by atoms with van der Waals surface area (Å²) in [7, 11) is 0. The van der Waals surface area contributed by atoms with Gasteiger partial charge in [0.2, 0.25) is 0 Å². The molecular weight excluding hydrogens is 206 g/mol. The number of nitrogens with zero attached hydrogens (tertiary/aromatic N) is 2. The summed E-state index contributed by atoms with van der Waals surface area (Å²) in [6.45, 7) is 1.13. The van der Waals surface area contributed by atoms with Crippen molar-refractivity contribution in [3.8, 4) is 0 Å². The van der Waals surface area contributed by atoms with E-state index in [-0.39, 0.29) is 12.1 Å². The van der Waals surface area contributed by atoms with Gasteiger partial charge in [0.15, 0.2) is 0 Å². The molecule has 0 amide bonds. The van der Waals surface area contributed by atoms with Crippen molar-refractivity contribution in [3.05, 3.63) is 24.5 Å². The van der Waals surface area contributed by atoms with E-state index in [0.29, 0.717) is 13.1 Å². The number of aldehydes is 2. The maximum absolute atomic E-state index is 11.0. The molecule has 1 fully saturated rings. The van der Waals surface area contributed by atoms with Gasteiger partial charge in [0.25, 0.3) is 0 Å². The molecule has 1 saturated heterocycles. The Morgan fingerprint density at radius 1 is 1.19 bits per heavy atom. The maximum Gasteiger partial charge on any atom is 0.143 e. The summed E-state index contributed by atoms with van der Waals surface area (Å²) in [4.78, 5) is 27.7. The molecule has 2 unspecified atom stereocenters. The Balaban J connectivity index is 2.31. The Morgan fingerprint density at radius 3 is 2.25 bits per heavy atom. The van der Waals surface area contributed by atoms with Crippen molar-refractivity contribution in [2.24, 2.45) is 0 Å². The summed E-state index contributed by atoms with van der Waals surface area (Å²) >= 11 is 0. The van der Waals surface area contributed by atoms with E-state index in [1.807, 2.05) is 4.90 Å². The molecule has 0 radical (unpaired) electrons. The van der Waals surface area contributed by atoms with Crippen LogP contribution in [0.25, 0.3) is 0 Å². The molecular formula is C11H13N3O2. The summed E-state index contributed by atoms with van der Waals surface area (Å²) in [6, 6.07) is 3.01. The minimum atomic E-state index is -0.300. The van der Waals surface area contributed by atoms with E-state index in [1.54, 1.807) is 24.5 Å². The van der Waals surface area contributed by atoms with E-state index in [9.17, 15) is 9.59 Å². The molecule has 2 rings (SSSR count). The summed E-state index contributed by atoms with van der Waals surface area (Å²) in [5.74, 6) is 0. The minimum absolute atomic E-state index is 0.300. The number of hydrogen-bond donors (Lipinski definition) is 1. The van der Waals surface area contributed by atoms with Crippen molar-refractivity contribution in [2.45, 2.75) is 12.1 Å². The lowest BCUT2D eigenvalue weighted by Crippen LogP contribution is -2.59. The number of aromatic nitrogens is 1. The SMILES string of the molecule is O=CC1CNCC(C=O)N1c1ccncc1. The second-order valence-electron chi connectivity index (χ2n) is 3.68. The highest BCUT2D eigenvalue weighted by Crippen LogP contribution is 2.19. The number of rotatable bonds is 3. The Bertz CT molecular complexity index is 353. The first-order valence-electron chi connectivity index (χ1n) is 5.16. The second kappa shape index (κ2) is 4.85. The van der Waals surface area contributed by atoms with Gasteiger partial charge >= 0.3 is 0 Å². The fourth-order valence-electron chi connectivity index (χ4n) is 1.95. The molecule has 84 valence electrons. The van der Waals surface area contributed by atoms with Crippen LogP contribution in [0.15, 0.2) is 24.5 Å². The van der Waals surface area contributed by atoms with Gasteiger partial charge in [0.05, 0.1) is 12.1 Å². The molecule has 1 aromatic heterocycles. The van der Waals surface area contributed by atoms with Crippen molar-refractivity contribution in [3.63, 3.8) is 0 Å². The number of pyridine rings is 1. The van der Waals surface area contributed by atoms with Crippen molar-refractivity contribution in [1.82, 2.24) is 10.3 Å². The van der Waals surface area contributed by atoms with E-state index in [0.717, 1.165) is 18.3 Å². The largest absolute Gasteiger partial charge is 0.349 e. The van der Waals surface area contributed by atoms with Crippen molar-refractivity contribution >= 4 is 18.3 Å². The second-order valence-corrected chi connectivity index (χ2v) is 3.68. The highest BCUT2D eigenvalue weighted by Gasteiger charge is 2.29. The zero-order valence-electron chi connectivity index (χ0n) is 8.74. The third-order valence-corrected chi connectivity index (χ3v) is 2.70. The number of anilines is 1. The predicted molar refractivity (Wildman–Crippen MR) is 59.3 cm³/mol. The van der Waals surface area contributed by atoms with Crippen LogP contribution in [-0.4, -0.2) is 42.7 Å². The molecule has 1 N–H and O–H groups in total. The Morgan fingerprint density at radius 2 is 1.75 bits per heavy atom. The molecule has 2 heterocycles. The van der Waals surface area contributed by atoms with Crippen LogP contribution in [0, 0.1) is 0 Å². The quantitative estimate of drug-likeness (QED) is 0.702.